The third-order valence-corrected chi connectivity index (χ3v) is 3.88. The van der Waals surface area contributed by atoms with Crippen molar-refractivity contribution in [3.63, 3.8) is 0 Å². The van der Waals surface area contributed by atoms with Gasteiger partial charge >= 0.3 is 0 Å². The van der Waals surface area contributed by atoms with E-state index < -0.39 is 0 Å². The number of nitrogens with zero attached hydrogens (tertiary/aromatic N) is 3. The number of benzene rings is 1. The van der Waals surface area contributed by atoms with Crippen molar-refractivity contribution in [1.29, 1.82) is 0 Å². The molecule has 0 saturated heterocycles. The summed E-state index contributed by atoms with van der Waals surface area (Å²) < 4.78 is 0. The van der Waals surface area contributed by atoms with Crippen molar-refractivity contribution in [1.82, 2.24) is 15.2 Å². The fourth-order valence-corrected chi connectivity index (χ4v) is 2.70. The van der Waals surface area contributed by atoms with Crippen LogP contribution in [0.1, 0.15) is 25.3 Å². The first-order chi connectivity index (χ1) is 9.63. The number of thioether (sulfide) groups is 1. The second-order valence-electron chi connectivity index (χ2n) is 4.38. The molecule has 1 aromatic heterocycles. The highest BCUT2D eigenvalue weighted by Crippen LogP contribution is 2.28. The van der Waals surface area contributed by atoms with E-state index in [4.69, 9.17) is 0 Å². The van der Waals surface area contributed by atoms with Crippen molar-refractivity contribution < 1.29 is 4.92 Å². The zero-order valence-corrected chi connectivity index (χ0v) is 12.2. The summed E-state index contributed by atoms with van der Waals surface area (Å²) in [5.41, 5.74) is 1.41. The van der Waals surface area contributed by atoms with Gasteiger partial charge in [-0.15, -0.1) is 5.10 Å². The molecule has 20 heavy (non-hydrogen) atoms. The number of rotatable bonds is 6. The van der Waals surface area contributed by atoms with Crippen LogP contribution in [0.3, 0.4) is 0 Å². The van der Waals surface area contributed by atoms with Gasteiger partial charge in [-0.1, -0.05) is 37.2 Å². The molecule has 0 bridgehead atoms. The monoisotopic (exact) mass is 292 g/mol. The van der Waals surface area contributed by atoms with Crippen molar-refractivity contribution in [3.8, 4) is 11.4 Å². The lowest BCUT2D eigenvalue weighted by Gasteiger charge is -2.02. The number of nitro benzene ring substituents is 1. The molecule has 0 fully saturated rings. The minimum absolute atomic E-state index is 0.0964. The summed E-state index contributed by atoms with van der Waals surface area (Å²) in [4.78, 5) is 14.9. The Kier molecular flexibility index (Phi) is 4.73. The third kappa shape index (κ3) is 3.16. The molecule has 0 unspecified atom stereocenters. The molecule has 7 heteroatoms. The second kappa shape index (κ2) is 6.51. The topological polar surface area (TPSA) is 84.7 Å². The zero-order chi connectivity index (χ0) is 14.5. The van der Waals surface area contributed by atoms with Crippen molar-refractivity contribution in [2.75, 3.05) is 5.75 Å². The molecular formula is C13H16N4O2S. The number of nitro groups is 1. The van der Waals surface area contributed by atoms with Crippen LogP contribution < -0.4 is 0 Å². The number of H-pyrrole nitrogens is 1. The number of nitrogens with one attached hydrogen (secondary N) is 1. The first-order valence-corrected chi connectivity index (χ1v) is 7.41. The van der Waals surface area contributed by atoms with Gasteiger partial charge in [0.2, 0.25) is 5.16 Å². The Balaban J connectivity index is 2.24. The van der Waals surface area contributed by atoms with E-state index in [0.29, 0.717) is 22.1 Å². The van der Waals surface area contributed by atoms with Crippen LogP contribution in [0.4, 0.5) is 5.69 Å². The standard InChI is InChI=1S/C13H16N4O2S/c1-3-4-8-20-13-14-12(15-16-13)10-6-5-7-11(9(10)2)17(18)19/h5-7H,3-4,8H2,1-2H3,(H,14,15,16). The largest absolute Gasteiger partial charge is 0.273 e. The first-order valence-electron chi connectivity index (χ1n) is 6.43. The highest BCUT2D eigenvalue weighted by molar-refractivity contribution is 7.99. The number of aromatic amines is 1. The van der Waals surface area contributed by atoms with Gasteiger partial charge in [0.25, 0.3) is 5.69 Å². The molecule has 0 spiro atoms. The zero-order valence-electron chi connectivity index (χ0n) is 11.4. The van der Waals surface area contributed by atoms with Gasteiger partial charge in [0, 0.05) is 22.9 Å². The fraction of sp³-hybridized carbons (Fsp3) is 0.385. The van der Waals surface area contributed by atoms with Crippen molar-refractivity contribution in [2.24, 2.45) is 0 Å². The number of hydrogen-bond acceptors (Lipinski definition) is 5. The Morgan fingerprint density at radius 3 is 2.95 bits per heavy atom. The van der Waals surface area contributed by atoms with Crippen LogP contribution in [0.2, 0.25) is 0 Å². The van der Waals surface area contributed by atoms with Gasteiger partial charge in [0.1, 0.15) is 0 Å². The van der Waals surface area contributed by atoms with Gasteiger partial charge in [-0.05, 0) is 13.3 Å². The quantitative estimate of drug-likeness (QED) is 0.380. The van der Waals surface area contributed by atoms with E-state index in [9.17, 15) is 10.1 Å². The van der Waals surface area contributed by atoms with Crippen LogP contribution in [0.5, 0.6) is 0 Å². The predicted octanol–water partition coefficient (Wildman–Crippen LogP) is 3.58. The lowest BCUT2D eigenvalue weighted by atomic mass is 10.1. The van der Waals surface area contributed by atoms with E-state index in [1.165, 1.54) is 6.07 Å². The van der Waals surface area contributed by atoms with Gasteiger partial charge < -0.3 is 0 Å². The highest BCUT2D eigenvalue weighted by Gasteiger charge is 2.16. The first kappa shape index (κ1) is 14.5. The van der Waals surface area contributed by atoms with Crippen LogP contribution >= 0.6 is 11.8 Å². The molecule has 1 N–H and O–H groups in total. The molecule has 2 rings (SSSR count). The van der Waals surface area contributed by atoms with E-state index in [1.807, 2.05) is 6.07 Å². The second-order valence-corrected chi connectivity index (χ2v) is 5.44. The smallest absolute Gasteiger partial charge is 0.258 e. The summed E-state index contributed by atoms with van der Waals surface area (Å²) in [5, 5.41) is 18.6. The summed E-state index contributed by atoms with van der Waals surface area (Å²) in [6.07, 6.45) is 2.25. The summed E-state index contributed by atoms with van der Waals surface area (Å²) in [5.74, 6) is 1.55. The Labute approximate surface area is 121 Å². The number of aromatic nitrogens is 3. The lowest BCUT2D eigenvalue weighted by Crippen LogP contribution is -1.94. The minimum Gasteiger partial charge on any atom is -0.258 e. The molecule has 106 valence electrons. The average molecular weight is 292 g/mol. The SMILES string of the molecule is CCCCSc1n[nH]c(-c2cccc([N+](=O)[O-])c2C)n1. The van der Waals surface area contributed by atoms with Crippen molar-refractivity contribution >= 4 is 17.4 Å². The summed E-state index contributed by atoms with van der Waals surface area (Å²) in [7, 11) is 0. The van der Waals surface area contributed by atoms with Crippen LogP contribution in [0, 0.1) is 17.0 Å². The summed E-state index contributed by atoms with van der Waals surface area (Å²) >= 11 is 1.59. The number of hydrogen-bond donors (Lipinski definition) is 1. The predicted molar refractivity (Wildman–Crippen MR) is 78.8 cm³/mol. The van der Waals surface area contributed by atoms with Crippen LogP contribution in [-0.4, -0.2) is 25.9 Å². The van der Waals surface area contributed by atoms with E-state index in [-0.39, 0.29) is 10.6 Å². The maximum atomic E-state index is 10.9. The lowest BCUT2D eigenvalue weighted by molar-refractivity contribution is -0.385. The molecule has 0 atom stereocenters. The molecule has 0 aliphatic carbocycles. The van der Waals surface area contributed by atoms with Crippen LogP contribution in [0.25, 0.3) is 11.4 Å². The molecule has 6 nitrogen and oxygen atoms in total. The Morgan fingerprint density at radius 1 is 1.45 bits per heavy atom. The molecule has 2 aromatic rings. The minimum atomic E-state index is -0.383. The van der Waals surface area contributed by atoms with Gasteiger partial charge in [0.05, 0.1) is 4.92 Å². The molecule has 0 aliphatic heterocycles. The molecular weight excluding hydrogens is 276 g/mol. The normalized spacial score (nSPS) is 10.7. The van der Waals surface area contributed by atoms with Crippen LogP contribution in [0.15, 0.2) is 23.4 Å². The maximum absolute atomic E-state index is 10.9. The van der Waals surface area contributed by atoms with E-state index >= 15 is 0 Å². The molecule has 0 saturated carbocycles. The molecule has 1 heterocycles. The third-order valence-electron chi connectivity index (χ3n) is 2.95. The molecule has 0 amide bonds. The Morgan fingerprint density at radius 2 is 2.25 bits per heavy atom. The van der Waals surface area contributed by atoms with Crippen molar-refractivity contribution in [2.45, 2.75) is 31.8 Å². The molecule has 1 aromatic carbocycles. The van der Waals surface area contributed by atoms with Crippen LogP contribution in [-0.2, 0) is 0 Å². The maximum Gasteiger partial charge on any atom is 0.273 e. The van der Waals surface area contributed by atoms with E-state index in [1.54, 1.807) is 24.8 Å². The van der Waals surface area contributed by atoms with Gasteiger partial charge in [-0.25, -0.2) is 4.98 Å². The van der Waals surface area contributed by atoms with Gasteiger partial charge in [0.15, 0.2) is 5.82 Å². The fourth-order valence-electron chi connectivity index (χ4n) is 1.82. The summed E-state index contributed by atoms with van der Waals surface area (Å²) in [6.45, 7) is 3.86. The average Bonchev–Trinajstić information content (AvgIpc) is 2.87. The van der Waals surface area contributed by atoms with E-state index in [2.05, 4.69) is 22.1 Å². The number of unbranched alkanes of at least 4 members (excludes halogenated alkanes) is 1. The van der Waals surface area contributed by atoms with Gasteiger partial charge in [-0.3, -0.25) is 15.2 Å². The molecule has 0 radical (unpaired) electrons. The van der Waals surface area contributed by atoms with E-state index in [0.717, 1.165) is 18.6 Å². The van der Waals surface area contributed by atoms with Gasteiger partial charge in [-0.2, -0.15) is 0 Å². The Hall–Kier alpha value is -1.89. The highest BCUT2D eigenvalue weighted by atomic mass is 32.2. The Bertz CT molecular complexity index is 612. The summed E-state index contributed by atoms with van der Waals surface area (Å²) in [6, 6.07) is 4.96. The van der Waals surface area contributed by atoms with Crippen molar-refractivity contribution in [3.05, 3.63) is 33.9 Å². The molecule has 0 aliphatic rings.